The molecule has 0 aliphatic carbocycles. The summed E-state index contributed by atoms with van der Waals surface area (Å²) >= 11 is 0. The Hall–Kier alpha value is 10.2. The first-order chi connectivity index (χ1) is 2.00. The summed E-state index contributed by atoms with van der Waals surface area (Å²) in [7, 11) is -4.64. The third-order valence-electron chi connectivity index (χ3n) is 0. The smallest absolute Gasteiger partial charge is 0.303 e. The van der Waals surface area contributed by atoms with Gasteiger partial charge in [-0.2, -0.15) is 0 Å². The molecular formula is H3Ca8O4P. The van der Waals surface area contributed by atoms with Crippen molar-refractivity contribution in [3.8, 4) is 0 Å². The summed E-state index contributed by atoms with van der Waals surface area (Å²) in [5.41, 5.74) is 0. The van der Waals surface area contributed by atoms with E-state index in [1.54, 1.807) is 0 Å². The topological polar surface area (TPSA) is 77.8 Å². The van der Waals surface area contributed by atoms with E-state index in [-0.39, 0.29) is 302 Å². The van der Waals surface area contributed by atoms with E-state index in [2.05, 4.69) is 0 Å². The fraction of sp³-hybridized carbons (Fsp3) is 0. The Morgan fingerprint density at radius 1 is 0.538 bits per heavy atom. The Morgan fingerprint density at radius 3 is 0.538 bits per heavy atom. The normalized spacial score (nSPS) is 4.54. The van der Waals surface area contributed by atoms with Gasteiger partial charge in [-0.25, -0.2) is 4.57 Å². The number of hydrogen-bond donors (Lipinski definition) is 3. The quantitative estimate of drug-likeness (QED) is 0.277. The van der Waals surface area contributed by atoms with Gasteiger partial charge >= 0.3 is 7.82 Å². The second kappa shape index (κ2) is 38.0. The average Bonchev–Trinajstić information content (AvgIpc) is 0.722. The fourth-order valence-electron chi connectivity index (χ4n) is 0. The standard InChI is InChI=1S/8Ca.H3O4P/c;;;;;;;;1-5(2,3)4/h;;;;;;;;(H3,1,2,3,4). The largest absolute Gasteiger partial charge is 0.466 e. The molecule has 0 aromatic carbocycles. The molecule has 0 bridgehead atoms. The van der Waals surface area contributed by atoms with Gasteiger partial charge in [0, 0.05) is 302 Å². The van der Waals surface area contributed by atoms with Crippen molar-refractivity contribution >= 4 is 310 Å². The van der Waals surface area contributed by atoms with Crippen molar-refractivity contribution in [1.29, 1.82) is 0 Å². The average molecular weight is 419 g/mol. The number of rotatable bonds is 0. The minimum atomic E-state index is -4.64. The molecule has 0 saturated heterocycles. The molecule has 48 valence electrons. The minimum Gasteiger partial charge on any atom is -0.303 e. The van der Waals surface area contributed by atoms with Gasteiger partial charge < -0.3 is 14.7 Å². The van der Waals surface area contributed by atoms with Crippen molar-refractivity contribution in [3.63, 3.8) is 0 Å². The zero-order valence-corrected chi connectivity index (χ0v) is 26.4. The first kappa shape index (κ1) is 56.7. The van der Waals surface area contributed by atoms with Crippen LogP contribution in [0.4, 0.5) is 0 Å². The summed E-state index contributed by atoms with van der Waals surface area (Å²) in [6, 6.07) is 0. The van der Waals surface area contributed by atoms with Crippen molar-refractivity contribution in [1.82, 2.24) is 0 Å². The molecular weight excluding hydrogens is 416 g/mol. The third kappa shape index (κ3) is 87.1. The summed E-state index contributed by atoms with van der Waals surface area (Å²) in [5, 5.41) is 0. The fourth-order valence-corrected chi connectivity index (χ4v) is 0. The molecule has 0 atom stereocenters. The third-order valence-corrected chi connectivity index (χ3v) is 0. The molecule has 0 aromatic rings. The van der Waals surface area contributed by atoms with E-state index in [0.29, 0.717) is 0 Å². The Bertz CT molecular complexity index is 62.3. The van der Waals surface area contributed by atoms with Crippen LogP contribution in [-0.4, -0.2) is 317 Å². The molecule has 0 spiro atoms. The van der Waals surface area contributed by atoms with Crippen molar-refractivity contribution < 1.29 is 19.2 Å². The molecule has 0 aliphatic heterocycles. The zero-order chi connectivity index (χ0) is 4.50. The Labute approximate surface area is 317 Å². The van der Waals surface area contributed by atoms with Crippen LogP contribution in [0.2, 0.25) is 0 Å². The Kier molecular flexibility index (Phi) is 166. The van der Waals surface area contributed by atoms with Crippen LogP contribution in [-0.2, 0) is 4.57 Å². The first-order valence-electron chi connectivity index (χ1n) is 0.783. The van der Waals surface area contributed by atoms with Gasteiger partial charge in [0.15, 0.2) is 0 Å². The van der Waals surface area contributed by atoms with Crippen LogP contribution >= 0.6 is 7.82 Å². The van der Waals surface area contributed by atoms with E-state index in [4.69, 9.17) is 19.2 Å². The van der Waals surface area contributed by atoms with E-state index in [1.807, 2.05) is 0 Å². The van der Waals surface area contributed by atoms with E-state index in [9.17, 15) is 0 Å². The predicted molar refractivity (Wildman–Crippen MR) is 60.3 cm³/mol. The van der Waals surface area contributed by atoms with Crippen molar-refractivity contribution in [2.75, 3.05) is 0 Å². The van der Waals surface area contributed by atoms with E-state index in [0.717, 1.165) is 0 Å². The van der Waals surface area contributed by atoms with Crippen LogP contribution in [0.1, 0.15) is 0 Å². The number of hydrogen-bond acceptors (Lipinski definition) is 1. The molecule has 0 fully saturated rings. The van der Waals surface area contributed by atoms with Crippen molar-refractivity contribution in [3.05, 3.63) is 0 Å². The first-order valence-corrected chi connectivity index (χ1v) is 2.35. The summed E-state index contributed by atoms with van der Waals surface area (Å²) in [4.78, 5) is 21.6. The molecule has 0 aromatic heterocycles. The summed E-state index contributed by atoms with van der Waals surface area (Å²) < 4.78 is 8.88. The van der Waals surface area contributed by atoms with Gasteiger partial charge in [0.05, 0.1) is 0 Å². The van der Waals surface area contributed by atoms with E-state index in [1.165, 1.54) is 0 Å². The molecule has 16 radical (unpaired) electrons. The van der Waals surface area contributed by atoms with E-state index < -0.39 is 7.82 Å². The van der Waals surface area contributed by atoms with Crippen molar-refractivity contribution in [2.24, 2.45) is 0 Å². The van der Waals surface area contributed by atoms with Crippen LogP contribution in [0.5, 0.6) is 0 Å². The molecule has 13 heavy (non-hydrogen) atoms. The van der Waals surface area contributed by atoms with Crippen LogP contribution in [0.25, 0.3) is 0 Å². The van der Waals surface area contributed by atoms with Crippen LogP contribution in [0.15, 0.2) is 0 Å². The van der Waals surface area contributed by atoms with Crippen LogP contribution in [0.3, 0.4) is 0 Å². The molecule has 3 N–H and O–H groups in total. The van der Waals surface area contributed by atoms with Crippen molar-refractivity contribution in [2.45, 2.75) is 0 Å². The zero-order valence-electron chi connectivity index (χ0n) is 7.85. The summed E-state index contributed by atoms with van der Waals surface area (Å²) in [5.74, 6) is 0. The monoisotopic (exact) mass is 418 g/mol. The maximum absolute atomic E-state index is 8.88. The van der Waals surface area contributed by atoms with Gasteiger partial charge in [-0.15, -0.1) is 0 Å². The second-order valence-electron chi connectivity index (χ2n) is 0.513. The minimum absolute atomic E-state index is 0. The van der Waals surface area contributed by atoms with Gasteiger partial charge in [0.2, 0.25) is 0 Å². The molecule has 4 nitrogen and oxygen atoms in total. The van der Waals surface area contributed by atoms with Gasteiger partial charge in [0.25, 0.3) is 0 Å². The van der Waals surface area contributed by atoms with Gasteiger partial charge in [-0.05, 0) is 0 Å². The van der Waals surface area contributed by atoms with E-state index >= 15 is 0 Å². The number of phosphoric acid groups is 1. The molecule has 0 rings (SSSR count). The van der Waals surface area contributed by atoms with Gasteiger partial charge in [0.1, 0.15) is 0 Å². The summed E-state index contributed by atoms with van der Waals surface area (Å²) in [6.07, 6.45) is 0. The molecule has 0 saturated carbocycles. The van der Waals surface area contributed by atoms with Crippen LogP contribution < -0.4 is 0 Å². The molecule has 0 amide bonds. The molecule has 0 unspecified atom stereocenters. The van der Waals surface area contributed by atoms with Gasteiger partial charge in [-0.3, -0.25) is 0 Å². The Balaban J connectivity index is -0.00000000286. The molecule has 13 heteroatoms. The Morgan fingerprint density at radius 2 is 0.538 bits per heavy atom. The molecule has 0 aliphatic rings. The summed E-state index contributed by atoms with van der Waals surface area (Å²) in [6.45, 7) is 0. The van der Waals surface area contributed by atoms with Gasteiger partial charge in [-0.1, -0.05) is 0 Å². The predicted octanol–water partition coefficient (Wildman–Crippen LogP) is -3.98. The maximum atomic E-state index is 8.88. The SMILES string of the molecule is O=P(O)(O)O.[Ca].[Ca].[Ca].[Ca].[Ca].[Ca].[Ca].[Ca]. The maximum Gasteiger partial charge on any atom is 0.466 e. The second-order valence-corrected chi connectivity index (χ2v) is 1.54. The molecule has 0 heterocycles. The van der Waals surface area contributed by atoms with Crippen LogP contribution in [0, 0.1) is 0 Å².